The number of aromatic nitrogens is 2. The maximum atomic E-state index is 11.9. The van der Waals surface area contributed by atoms with Crippen LogP contribution in [-0.2, 0) is 11.4 Å². The number of nitrogens with one attached hydrogen (secondary N) is 1. The molecule has 2 aromatic carbocycles. The Morgan fingerprint density at radius 1 is 1.09 bits per heavy atom. The van der Waals surface area contributed by atoms with Crippen LogP contribution in [0.2, 0.25) is 0 Å². The van der Waals surface area contributed by atoms with E-state index in [0.29, 0.717) is 22.5 Å². The van der Waals surface area contributed by atoms with Gasteiger partial charge in [-0.15, -0.1) is 0 Å². The largest absolute Gasteiger partial charge is 1.00 e. The minimum atomic E-state index is -0.150. The van der Waals surface area contributed by atoms with E-state index in [4.69, 9.17) is 9.47 Å². The predicted octanol–water partition coefficient (Wildman–Crippen LogP) is -0.314. The SMILES string of the molecule is COc1cc(C=NNC(=O)C[N+](C)(C)C)ccc1OCc1nc2ccccc2nc1C.[Cl-]. The molecule has 32 heavy (non-hydrogen) atoms. The molecular weight excluding hydrogens is 430 g/mol. The van der Waals surface area contributed by atoms with Crippen molar-refractivity contribution in [2.24, 2.45) is 5.10 Å². The van der Waals surface area contributed by atoms with Crippen molar-refractivity contribution in [3.63, 3.8) is 0 Å². The van der Waals surface area contributed by atoms with Gasteiger partial charge < -0.3 is 26.4 Å². The molecule has 9 heteroatoms. The lowest BCUT2D eigenvalue weighted by molar-refractivity contribution is -0.862. The molecule has 0 atom stereocenters. The summed E-state index contributed by atoms with van der Waals surface area (Å²) in [5.41, 5.74) is 6.59. The average Bonchev–Trinajstić information content (AvgIpc) is 2.71. The van der Waals surface area contributed by atoms with E-state index in [1.807, 2.05) is 58.4 Å². The van der Waals surface area contributed by atoms with Gasteiger partial charge in [-0.05, 0) is 42.8 Å². The van der Waals surface area contributed by atoms with Gasteiger partial charge in [0, 0.05) is 0 Å². The molecule has 0 aliphatic rings. The second kappa shape index (κ2) is 10.9. The van der Waals surface area contributed by atoms with Gasteiger partial charge in [0.05, 0.1) is 56.9 Å². The number of hydrazone groups is 1. The van der Waals surface area contributed by atoms with Crippen molar-refractivity contribution in [3.8, 4) is 11.5 Å². The monoisotopic (exact) mass is 457 g/mol. The number of fused-ring (bicyclic) bond motifs is 1. The molecule has 0 fully saturated rings. The summed E-state index contributed by atoms with van der Waals surface area (Å²) in [7, 11) is 7.40. The minimum absolute atomic E-state index is 0. The lowest BCUT2D eigenvalue weighted by Gasteiger charge is -2.21. The molecule has 0 unspecified atom stereocenters. The number of benzene rings is 2. The molecule has 1 amide bonds. The summed E-state index contributed by atoms with van der Waals surface area (Å²) in [6, 6.07) is 13.2. The Balaban J connectivity index is 0.00000363. The van der Waals surface area contributed by atoms with E-state index in [1.54, 1.807) is 25.5 Å². The number of ether oxygens (including phenoxy) is 2. The van der Waals surface area contributed by atoms with Crippen LogP contribution in [0.15, 0.2) is 47.6 Å². The molecule has 1 heterocycles. The first-order chi connectivity index (χ1) is 14.7. The molecule has 0 radical (unpaired) electrons. The number of carbonyl (C=O) groups is 1. The first kappa shape index (κ1) is 25.0. The van der Waals surface area contributed by atoms with Crippen LogP contribution in [0.25, 0.3) is 11.0 Å². The number of quaternary nitrogens is 1. The van der Waals surface area contributed by atoms with E-state index in [2.05, 4.69) is 20.5 Å². The number of aryl methyl sites for hydroxylation is 1. The quantitative estimate of drug-likeness (QED) is 0.285. The fraction of sp³-hybridized carbons (Fsp3) is 0.304. The zero-order chi connectivity index (χ0) is 22.4. The van der Waals surface area contributed by atoms with Gasteiger partial charge in [0.15, 0.2) is 18.0 Å². The summed E-state index contributed by atoms with van der Waals surface area (Å²) in [5, 5.41) is 4.02. The van der Waals surface area contributed by atoms with Crippen molar-refractivity contribution in [2.75, 3.05) is 34.8 Å². The number of carbonyl (C=O) groups excluding carboxylic acids is 1. The van der Waals surface area contributed by atoms with Gasteiger partial charge in [-0.3, -0.25) is 4.79 Å². The Bertz CT molecular complexity index is 1110. The normalized spacial score (nSPS) is 11.3. The van der Waals surface area contributed by atoms with Crippen LogP contribution in [0.5, 0.6) is 11.5 Å². The van der Waals surface area contributed by atoms with Crippen LogP contribution in [0, 0.1) is 6.92 Å². The van der Waals surface area contributed by atoms with Gasteiger partial charge >= 0.3 is 0 Å². The molecule has 3 rings (SSSR count). The summed E-state index contributed by atoms with van der Waals surface area (Å²) in [6.45, 7) is 2.53. The summed E-state index contributed by atoms with van der Waals surface area (Å²) in [4.78, 5) is 21.1. The van der Waals surface area contributed by atoms with Crippen molar-refractivity contribution in [3.05, 3.63) is 59.4 Å². The number of methoxy groups -OCH3 is 1. The molecule has 8 nitrogen and oxygen atoms in total. The van der Waals surface area contributed by atoms with Gasteiger partial charge in [-0.2, -0.15) is 5.10 Å². The maximum Gasteiger partial charge on any atom is 0.295 e. The molecule has 1 aromatic heterocycles. The highest BCUT2D eigenvalue weighted by molar-refractivity contribution is 5.83. The zero-order valence-corrected chi connectivity index (χ0v) is 19.7. The van der Waals surface area contributed by atoms with Gasteiger partial charge in [0.25, 0.3) is 5.91 Å². The number of halogens is 1. The van der Waals surface area contributed by atoms with E-state index in [9.17, 15) is 4.79 Å². The third kappa shape index (κ3) is 6.90. The Morgan fingerprint density at radius 3 is 2.44 bits per heavy atom. The number of likely N-dealkylation sites (N-methyl/N-ethyl adjacent to an activating group) is 1. The molecule has 0 bridgehead atoms. The highest BCUT2D eigenvalue weighted by Crippen LogP contribution is 2.28. The van der Waals surface area contributed by atoms with Gasteiger partial charge in [0.1, 0.15) is 6.61 Å². The van der Waals surface area contributed by atoms with Crippen molar-refractivity contribution >= 4 is 23.2 Å². The molecule has 1 N–H and O–H groups in total. The van der Waals surface area contributed by atoms with Crippen molar-refractivity contribution < 1.29 is 31.2 Å². The highest BCUT2D eigenvalue weighted by Gasteiger charge is 2.13. The van der Waals surface area contributed by atoms with Crippen LogP contribution in [0.4, 0.5) is 0 Å². The molecule has 0 aliphatic heterocycles. The lowest BCUT2D eigenvalue weighted by Crippen LogP contribution is -3.00. The fourth-order valence-electron chi connectivity index (χ4n) is 2.94. The van der Waals surface area contributed by atoms with E-state index in [0.717, 1.165) is 28.0 Å². The Hall–Kier alpha value is -3.23. The van der Waals surface area contributed by atoms with Crippen molar-refractivity contribution in [1.82, 2.24) is 15.4 Å². The number of nitrogens with zero attached hydrogens (tertiary/aromatic N) is 4. The number of hydrogen-bond acceptors (Lipinski definition) is 6. The third-order valence-corrected chi connectivity index (χ3v) is 4.42. The van der Waals surface area contributed by atoms with E-state index in [-0.39, 0.29) is 24.9 Å². The summed E-state index contributed by atoms with van der Waals surface area (Å²) in [6.07, 6.45) is 1.57. The van der Waals surface area contributed by atoms with Gasteiger partial charge in [-0.1, -0.05) is 12.1 Å². The molecular formula is C23H28ClN5O3. The molecule has 0 saturated heterocycles. The maximum absolute atomic E-state index is 11.9. The Labute approximate surface area is 194 Å². The van der Waals surface area contributed by atoms with E-state index >= 15 is 0 Å². The van der Waals surface area contributed by atoms with Crippen LogP contribution in [0.1, 0.15) is 17.0 Å². The number of para-hydroxylation sites is 2. The summed E-state index contributed by atoms with van der Waals surface area (Å²) in [5.74, 6) is 0.999. The molecule has 3 aromatic rings. The zero-order valence-electron chi connectivity index (χ0n) is 18.9. The Kier molecular flexibility index (Phi) is 8.51. The first-order valence-electron chi connectivity index (χ1n) is 9.90. The standard InChI is InChI=1S/C23H27N5O3.ClH/c1-16-20(26-19-9-7-6-8-18(19)25-16)15-31-21-11-10-17(12-22(21)30-5)13-24-27-23(29)14-28(2,3)4;/h6-13H,14-15H2,1-5H3;1H. The number of hydrogen-bond donors (Lipinski definition) is 1. The average molecular weight is 458 g/mol. The van der Waals surface area contributed by atoms with Crippen LogP contribution in [-0.4, -0.2) is 61.4 Å². The topological polar surface area (TPSA) is 85.7 Å². The first-order valence-corrected chi connectivity index (χ1v) is 9.90. The van der Waals surface area contributed by atoms with E-state index in [1.165, 1.54) is 0 Å². The second-order valence-corrected chi connectivity index (χ2v) is 8.19. The van der Waals surface area contributed by atoms with Crippen LogP contribution < -0.4 is 27.3 Å². The highest BCUT2D eigenvalue weighted by atomic mass is 35.5. The number of rotatable bonds is 8. The predicted molar refractivity (Wildman–Crippen MR) is 120 cm³/mol. The number of amides is 1. The Morgan fingerprint density at radius 2 is 1.78 bits per heavy atom. The van der Waals surface area contributed by atoms with Gasteiger partial charge in [0.2, 0.25) is 0 Å². The third-order valence-electron chi connectivity index (χ3n) is 4.42. The molecule has 170 valence electrons. The smallest absolute Gasteiger partial charge is 0.295 e. The van der Waals surface area contributed by atoms with Gasteiger partial charge in [-0.25, -0.2) is 15.4 Å². The van der Waals surface area contributed by atoms with Crippen molar-refractivity contribution in [1.29, 1.82) is 0 Å². The molecule has 0 spiro atoms. The second-order valence-electron chi connectivity index (χ2n) is 8.19. The summed E-state index contributed by atoms with van der Waals surface area (Å²) < 4.78 is 11.9. The molecule has 0 saturated carbocycles. The minimum Gasteiger partial charge on any atom is -1.00 e. The lowest BCUT2D eigenvalue weighted by atomic mass is 10.2. The van der Waals surface area contributed by atoms with E-state index < -0.39 is 0 Å². The van der Waals surface area contributed by atoms with Crippen molar-refractivity contribution in [2.45, 2.75) is 13.5 Å². The molecule has 0 aliphatic carbocycles. The van der Waals surface area contributed by atoms with Crippen LogP contribution in [0.3, 0.4) is 0 Å². The summed E-state index contributed by atoms with van der Waals surface area (Å²) >= 11 is 0. The fourth-order valence-corrected chi connectivity index (χ4v) is 2.94. The van der Waals surface area contributed by atoms with Crippen LogP contribution >= 0.6 is 0 Å².